The van der Waals surface area contributed by atoms with Crippen molar-refractivity contribution in [1.29, 1.82) is 0 Å². The minimum absolute atomic E-state index is 0.557. The van der Waals surface area contributed by atoms with Crippen LogP contribution in [0.3, 0.4) is 0 Å². The standard InChI is InChI=1S/C15H17N5S/c1-3-20(2)15(21)19-18-14(12-8-4-6-10-16-12)13-9-5-7-11-17-13/h4-11H,3H2,1-2H3,(H,19,21). The maximum atomic E-state index is 5.26. The molecule has 0 aliphatic heterocycles. The predicted molar refractivity (Wildman–Crippen MR) is 88.2 cm³/mol. The Morgan fingerprint density at radius 3 is 2.14 bits per heavy atom. The van der Waals surface area contributed by atoms with Gasteiger partial charge in [-0.1, -0.05) is 12.1 Å². The quantitative estimate of drug-likeness (QED) is 0.532. The van der Waals surface area contributed by atoms with Crippen LogP contribution in [0.25, 0.3) is 0 Å². The molecular formula is C15H17N5S. The molecule has 108 valence electrons. The maximum Gasteiger partial charge on any atom is 0.189 e. The summed E-state index contributed by atoms with van der Waals surface area (Å²) in [6, 6.07) is 11.3. The van der Waals surface area contributed by atoms with Gasteiger partial charge in [-0.05, 0) is 43.4 Å². The fraction of sp³-hybridized carbons (Fsp3) is 0.200. The molecule has 0 amide bonds. The molecule has 1 N–H and O–H groups in total. The summed E-state index contributed by atoms with van der Waals surface area (Å²) in [5, 5.41) is 4.95. The molecule has 5 nitrogen and oxygen atoms in total. The van der Waals surface area contributed by atoms with Crippen LogP contribution in [0.2, 0.25) is 0 Å². The number of aromatic nitrogens is 2. The van der Waals surface area contributed by atoms with Crippen LogP contribution in [0.5, 0.6) is 0 Å². The molecule has 0 atom stereocenters. The summed E-state index contributed by atoms with van der Waals surface area (Å²) in [5.74, 6) is 0. The second kappa shape index (κ2) is 7.44. The summed E-state index contributed by atoms with van der Waals surface area (Å²) in [5.41, 5.74) is 5.03. The summed E-state index contributed by atoms with van der Waals surface area (Å²) in [4.78, 5) is 10.6. The molecule has 6 heteroatoms. The lowest BCUT2D eigenvalue weighted by Gasteiger charge is -2.17. The molecule has 0 saturated heterocycles. The number of rotatable bonds is 4. The number of nitrogens with one attached hydrogen (secondary N) is 1. The van der Waals surface area contributed by atoms with Gasteiger partial charge < -0.3 is 4.90 Å². The van der Waals surface area contributed by atoms with Crippen LogP contribution in [0.15, 0.2) is 53.9 Å². The lowest BCUT2D eigenvalue weighted by atomic mass is 10.1. The normalized spacial score (nSPS) is 9.81. The van der Waals surface area contributed by atoms with Gasteiger partial charge in [0, 0.05) is 26.0 Å². The summed E-state index contributed by atoms with van der Waals surface area (Å²) >= 11 is 5.26. The highest BCUT2D eigenvalue weighted by Crippen LogP contribution is 2.05. The minimum Gasteiger partial charge on any atom is -0.351 e. The molecule has 0 saturated carbocycles. The molecule has 0 bridgehead atoms. The van der Waals surface area contributed by atoms with E-state index in [1.165, 1.54) is 0 Å². The molecule has 0 aliphatic rings. The van der Waals surface area contributed by atoms with Gasteiger partial charge in [-0.15, -0.1) is 0 Å². The molecule has 0 spiro atoms. The lowest BCUT2D eigenvalue weighted by molar-refractivity contribution is 0.525. The van der Waals surface area contributed by atoms with Gasteiger partial charge in [0.15, 0.2) is 5.11 Å². The Balaban J connectivity index is 2.31. The Kier molecular flexibility index (Phi) is 5.34. The van der Waals surface area contributed by atoms with Crippen molar-refractivity contribution >= 4 is 23.0 Å². The van der Waals surface area contributed by atoms with Crippen LogP contribution >= 0.6 is 12.2 Å². The fourth-order valence-corrected chi connectivity index (χ4v) is 1.76. The highest BCUT2D eigenvalue weighted by atomic mass is 32.1. The van der Waals surface area contributed by atoms with Crippen molar-refractivity contribution in [3.05, 3.63) is 60.2 Å². The Hall–Kier alpha value is -2.34. The van der Waals surface area contributed by atoms with E-state index in [9.17, 15) is 0 Å². The largest absolute Gasteiger partial charge is 0.351 e. The summed E-state index contributed by atoms with van der Waals surface area (Å²) < 4.78 is 0. The summed E-state index contributed by atoms with van der Waals surface area (Å²) in [6.07, 6.45) is 3.45. The van der Waals surface area contributed by atoms with E-state index < -0.39 is 0 Å². The molecule has 0 aliphatic carbocycles. The van der Waals surface area contributed by atoms with Crippen LogP contribution in [0.4, 0.5) is 0 Å². The van der Waals surface area contributed by atoms with Crippen LogP contribution in [-0.2, 0) is 0 Å². The van der Waals surface area contributed by atoms with Crippen molar-refractivity contribution in [2.75, 3.05) is 13.6 Å². The molecule has 0 aromatic carbocycles. The number of hydrazone groups is 1. The highest BCUT2D eigenvalue weighted by Gasteiger charge is 2.10. The second-order valence-corrected chi connectivity index (χ2v) is 4.71. The van der Waals surface area contributed by atoms with Gasteiger partial charge in [0.05, 0.1) is 11.4 Å². The Labute approximate surface area is 129 Å². The van der Waals surface area contributed by atoms with Crippen molar-refractivity contribution in [1.82, 2.24) is 20.3 Å². The first kappa shape index (κ1) is 15.1. The van der Waals surface area contributed by atoms with Gasteiger partial charge in [0.2, 0.25) is 0 Å². The average molecular weight is 299 g/mol. The number of pyridine rings is 2. The SMILES string of the molecule is CCN(C)C(=S)NN=C(c1ccccn1)c1ccccn1. The molecule has 0 fully saturated rings. The van der Waals surface area contributed by atoms with E-state index >= 15 is 0 Å². The zero-order chi connectivity index (χ0) is 15.1. The number of hydrogen-bond acceptors (Lipinski definition) is 4. The number of hydrogen-bond donors (Lipinski definition) is 1. The number of nitrogens with zero attached hydrogens (tertiary/aromatic N) is 4. The first-order valence-corrected chi connectivity index (χ1v) is 7.04. The topological polar surface area (TPSA) is 53.4 Å². The van der Waals surface area contributed by atoms with Crippen LogP contribution < -0.4 is 5.43 Å². The van der Waals surface area contributed by atoms with Gasteiger partial charge in [0.1, 0.15) is 5.71 Å². The third-order valence-corrected chi connectivity index (χ3v) is 3.30. The van der Waals surface area contributed by atoms with Gasteiger partial charge in [0.25, 0.3) is 0 Å². The molecule has 2 heterocycles. The third kappa shape index (κ3) is 4.06. The summed E-state index contributed by atoms with van der Waals surface area (Å²) in [6.45, 7) is 2.83. The zero-order valence-electron chi connectivity index (χ0n) is 12.0. The molecule has 0 unspecified atom stereocenters. The van der Waals surface area contributed by atoms with E-state index in [1.54, 1.807) is 12.4 Å². The lowest BCUT2D eigenvalue weighted by Crippen LogP contribution is -2.34. The van der Waals surface area contributed by atoms with Crippen molar-refractivity contribution in [2.45, 2.75) is 6.92 Å². The van der Waals surface area contributed by atoms with E-state index in [-0.39, 0.29) is 0 Å². The zero-order valence-corrected chi connectivity index (χ0v) is 12.8. The van der Waals surface area contributed by atoms with Crippen molar-refractivity contribution < 1.29 is 0 Å². The summed E-state index contributed by atoms with van der Waals surface area (Å²) in [7, 11) is 1.91. The molecule has 2 aromatic heterocycles. The Bertz CT molecular complexity index is 571. The van der Waals surface area contributed by atoms with Gasteiger partial charge in [-0.2, -0.15) is 5.10 Å². The van der Waals surface area contributed by atoms with E-state index in [1.807, 2.05) is 55.3 Å². The van der Waals surface area contributed by atoms with E-state index in [2.05, 4.69) is 20.5 Å². The molecule has 0 radical (unpaired) electrons. The Morgan fingerprint density at radius 1 is 1.14 bits per heavy atom. The van der Waals surface area contributed by atoms with Crippen LogP contribution in [0, 0.1) is 0 Å². The molecule has 2 rings (SSSR count). The van der Waals surface area contributed by atoms with E-state index in [0.717, 1.165) is 17.9 Å². The smallest absolute Gasteiger partial charge is 0.189 e. The monoisotopic (exact) mass is 299 g/mol. The minimum atomic E-state index is 0.557. The highest BCUT2D eigenvalue weighted by molar-refractivity contribution is 7.80. The second-order valence-electron chi connectivity index (χ2n) is 4.32. The third-order valence-electron chi connectivity index (χ3n) is 2.90. The van der Waals surface area contributed by atoms with Gasteiger partial charge >= 0.3 is 0 Å². The van der Waals surface area contributed by atoms with Gasteiger partial charge in [-0.25, -0.2) is 0 Å². The van der Waals surface area contributed by atoms with Crippen molar-refractivity contribution in [2.24, 2.45) is 5.10 Å². The molecule has 2 aromatic rings. The van der Waals surface area contributed by atoms with Crippen LogP contribution in [0.1, 0.15) is 18.3 Å². The van der Waals surface area contributed by atoms with E-state index in [4.69, 9.17) is 12.2 Å². The van der Waals surface area contributed by atoms with Crippen LogP contribution in [-0.4, -0.2) is 39.3 Å². The van der Waals surface area contributed by atoms with Crippen molar-refractivity contribution in [3.63, 3.8) is 0 Å². The first-order valence-electron chi connectivity index (χ1n) is 6.64. The Morgan fingerprint density at radius 2 is 1.71 bits per heavy atom. The maximum absolute atomic E-state index is 5.26. The molecular weight excluding hydrogens is 282 g/mol. The number of thiocarbonyl (C=S) groups is 1. The molecule has 21 heavy (non-hydrogen) atoms. The van der Waals surface area contributed by atoms with Crippen molar-refractivity contribution in [3.8, 4) is 0 Å². The first-order chi connectivity index (χ1) is 10.2. The van der Waals surface area contributed by atoms with Gasteiger partial charge in [-0.3, -0.25) is 15.4 Å². The fourth-order valence-electron chi connectivity index (χ4n) is 1.58. The predicted octanol–water partition coefficient (Wildman–Crippen LogP) is 2.06. The van der Waals surface area contributed by atoms with E-state index in [0.29, 0.717) is 10.8 Å². The average Bonchev–Trinajstić information content (AvgIpc) is 2.56.